The Morgan fingerprint density at radius 2 is 1.32 bits per heavy atom. The van der Waals surface area contributed by atoms with Crippen LogP contribution in [0.5, 0.6) is 0 Å². The van der Waals surface area contributed by atoms with E-state index in [1.54, 1.807) is 0 Å². The summed E-state index contributed by atoms with van der Waals surface area (Å²) in [5, 5.41) is 17.7. The van der Waals surface area contributed by atoms with Gasteiger partial charge in [-0.1, -0.05) is 76.6 Å². The van der Waals surface area contributed by atoms with E-state index >= 15 is 0 Å². The van der Waals surface area contributed by atoms with E-state index < -0.39 is 0 Å². The van der Waals surface area contributed by atoms with Crippen molar-refractivity contribution in [1.82, 2.24) is 9.90 Å². The lowest BCUT2D eigenvalue weighted by molar-refractivity contribution is -0.678. The SMILES string of the molecule is [O-][n+]1c(-c2ccccc2)c(-c2ccccc2)nn1-c1ccc(Br)cc1. The van der Waals surface area contributed by atoms with Gasteiger partial charge in [-0.05, 0) is 29.1 Å². The quantitative estimate of drug-likeness (QED) is 0.378. The molecule has 5 heteroatoms. The van der Waals surface area contributed by atoms with Gasteiger partial charge in [0.05, 0.1) is 5.10 Å². The number of halogens is 1. The maximum atomic E-state index is 13.1. The first-order chi connectivity index (χ1) is 12.2. The van der Waals surface area contributed by atoms with Crippen LogP contribution in [0.15, 0.2) is 89.4 Å². The maximum Gasteiger partial charge on any atom is 0.258 e. The van der Waals surface area contributed by atoms with Gasteiger partial charge in [-0.2, -0.15) is 0 Å². The molecule has 4 rings (SSSR count). The molecule has 0 bridgehead atoms. The zero-order chi connectivity index (χ0) is 17.2. The fraction of sp³-hybridized carbons (Fsp3) is 0. The van der Waals surface area contributed by atoms with Crippen molar-refractivity contribution in [3.63, 3.8) is 0 Å². The molecule has 0 fully saturated rings. The van der Waals surface area contributed by atoms with E-state index in [1.165, 1.54) is 4.80 Å². The molecule has 3 aromatic carbocycles. The third kappa shape index (κ3) is 2.94. The molecule has 0 unspecified atom stereocenters. The minimum Gasteiger partial charge on any atom is -0.692 e. The molecule has 122 valence electrons. The molecule has 0 aliphatic carbocycles. The molecule has 0 saturated heterocycles. The fourth-order valence-corrected chi connectivity index (χ4v) is 3.00. The molecule has 1 heterocycles. The van der Waals surface area contributed by atoms with Crippen LogP contribution in [-0.2, 0) is 0 Å². The molecule has 0 aliphatic heterocycles. The monoisotopic (exact) mass is 391 g/mol. The second-order valence-electron chi connectivity index (χ2n) is 5.57. The van der Waals surface area contributed by atoms with Crippen molar-refractivity contribution in [2.24, 2.45) is 0 Å². The third-order valence-corrected chi connectivity index (χ3v) is 4.46. The standard InChI is InChI=1S/C20H14BrN3O/c21-17-11-13-18(14-12-17)23-22-19(15-7-3-1-4-8-15)20(24(23)25)16-9-5-2-6-10-16/h1-14H. The van der Waals surface area contributed by atoms with E-state index in [0.29, 0.717) is 17.1 Å². The van der Waals surface area contributed by atoms with Gasteiger partial charge in [-0.15, -0.1) is 4.85 Å². The summed E-state index contributed by atoms with van der Waals surface area (Å²) in [7, 11) is 0. The summed E-state index contributed by atoms with van der Waals surface area (Å²) in [5.41, 5.74) is 3.64. The molecular weight excluding hydrogens is 378 g/mol. The summed E-state index contributed by atoms with van der Waals surface area (Å²) in [6, 6.07) is 26.8. The van der Waals surface area contributed by atoms with Gasteiger partial charge in [0.2, 0.25) is 5.69 Å². The fourth-order valence-electron chi connectivity index (χ4n) is 2.74. The van der Waals surface area contributed by atoms with Crippen molar-refractivity contribution in [3.8, 4) is 28.2 Å². The van der Waals surface area contributed by atoms with Crippen LogP contribution < -0.4 is 4.85 Å². The van der Waals surface area contributed by atoms with Crippen molar-refractivity contribution in [2.75, 3.05) is 0 Å². The normalized spacial score (nSPS) is 10.8. The molecule has 4 nitrogen and oxygen atoms in total. The highest BCUT2D eigenvalue weighted by Crippen LogP contribution is 2.28. The van der Waals surface area contributed by atoms with Crippen LogP contribution in [0.3, 0.4) is 0 Å². The summed E-state index contributed by atoms with van der Waals surface area (Å²) in [5.74, 6) is 0. The van der Waals surface area contributed by atoms with Crippen molar-refractivity contribution in [2.45, 2.75) is 0 Å². The Morgan fingerprint density at radius 3 is 1.92 bits per heavy atom. The number of hydrogen-bond acceptors (Lipinski definition) is 2. The molecule has 0 N–H and O–H groups in total. The van der Waals surface area contributed by atoms with Crippen molar-refractivity contribution < 1.29 is 4.85 Å². The van der Waals surface area contributed by atoms with E-state index in [1.807, 2.05) is 84.9 Å². The van der Waals surface area contributed by atoms with Crippen LogP contribution in [0.1, 0.15) is 0 Å². The maximum absolute atomic E-state index is 13.1. The van der Waals surface area contributed by atoms with Crippen molar-refractivity contribution >= 4 is 15.9 Å². The van der Waals surface area contributed by atoms with Gasteiger partial charge in [0.25, 0.3) is 5.69 Å². The van der Waals surface area contributed by atoms with Gasteiger partial charge >= 0.3 is 0 Å². The molecule has 0 atom stereocenters. The van der Waals surface area contributed by atoms with E-state index in [-0.39, 0.29) is 0 Å². The Kier molecular flexibility index (Phi) is 4.07. The van der Waals surface area contributed by atoms with Crippen LogP contribution in [0.4, 0.5) is 0 Å². The molecule has 1 aromatic heterocycles. The first kappa shape index (κ1) is 15.6. The Bertz CT molecular complexity index is 997. The Labute approximate surface area is 153 Å². The minimum absolute atomic E-state index is 0.537. The number of nitrogens with zero attached hydrogens (tertiary/aromatic N) is 3. The molecule has 0 radical (unpaired) electrons. The van der Waals surface area contributed by atoms with Crippen LogP contribution in [0, 0.1) is 5.21 Å². The second kappa shape index (κ2) is 6.53. The lowest BCUT2D eigenvalue weighted by Crippen LogP contribution is -2.38. The number of rotatable bonds is 3. The van der Waals surface area contributed by atoms with Crippen LogP contribution >= 0.6 is 15.9 Å². The predicted octanol–water partition coefficient (Wildman–Crippen LogP) is 4.60. The topological polar surface area (TPSA) is 44.8 Å². The van der Waals surface area contributed by atoms with Gasteiger partial charge in [0.1, 0.15) is 5.69 Å². The third-order valence-electron chi connectivity index (χ3n) is 3.93. The van der Waals surface area contributed by atoms with Crippen molar-refractivity contribution in [1.29, 1.82) is 0 Å². The smallest absolute Gasteiger partial charge is 0.258 e. The Balaban J connectivity index is 1.97. The molecule has 0 spiro atoms. The summed E-state index contributed by atoms with van der Waals surface area (Å²) < 4.78 is 0.951. The number of aromatic nitrogens is 3. The van der Waals surface area contributed by atoms with Crippen LogP contribution in [0.25, 0.3) is 28.2 Å². The Morgan fingerprint density at radius 1 is 0.760 bits per heavy atom. The lowest BCUT2D eigenvalue weighted by Gasteiger charge is -2.07. The molecule has 0 aliphatic rings. The van der Waals surface area contributed by atoms with Crippen molar-refractivity contribution in [3.05, 3.63) is 94.6 Å². The number of hydrogen-bond donors (Lipinski definition) is 0. The molecule has 4 aromatic rings. The van der Waals surface area contributed by atoms with Crippen LogP contribution in [0.2, 0.25) is 0 Å². The van der Waals surface area contributed by atoms with Gasteiger partial charge in [-0.25, -0.2) is 0 Å². The van der Waals surface area contributed by atoms with E-state index in [9.17, 15) is 5.21 Å². The highest BCUT2D eigenvalue weighted by molar-refractivity contribution is 9.10. The Hall–Kier alpha value is -2.92. The average molecular weight is 392 g/mol. The van der Waals surface area contributed by atoms with Gasteiger partial charge in [-0.3, -0.25) is 0 Å². The molecule has 0 amide bonds. The summed E-state index contributed by atoms with van der Waals surface area (Å²) in [6.07, 6.45) is 0. The number of benzene rings is 3. The first-order valence-electron chi connectivity index (χ1n) is 7.84. The zero-order valence-corrected chi connectivity index (χ0v) is 14.8. The average Bonchev–Trinajstić information content (AvgIpc) is 3.01. The minimum atomic E-state index is 0.537. The van der Waals surface area contributed by atoms with E-state index in [2.05, 4.69) is 21.0 Å². The summed E-state index contributed by atoms with van der Waals surface area (Å²) in [6.45, 7) is 0. The van der Waals surface area contributed by atoms with Crippen LogP contribution in [-0.4, -0.2) is 9.90 Å². The summed E-state index contributed by atoms with van der Waals surface area (Å²) >= 11 is 3.42. The molecule has 0 saturated carbocycles. The second-order valence-corrected chi connectivity index (χ2v) is 6.48. The highest BCUT2D eigenvalue weighted by Gasteiger charge is 2.26. The molecule has 25 heavy (non-hydrogen) atoms. The predicted molar refractivity (Wildman–Crippen MR) is 101 cm³/mol. The van der Waals surface area contributed by atoms with Gasteiger partial charge in [0.15, 0.2) is 0 Å². The van der Waals surface area contributed by atoms with E-state index in [0.717, 1.165) is 20.4 Å². The zero-order valence-electron chi connectivity index (χ0n) is 13.2. The first-order valence-corrected chi connectivity index (χ1v) is 8.63. The van der Waals surface area contributed by atoms with E-state index in [4.69, 9.17) is 0 Å². The largest absolute Gasteiger partial charge is 0.692 e. The summed E-state index contributed by atoms with van der Waals surface area (Å²) in [4.78, 5) is 2.23. The lowest BCUT2D eigenvalue weighted by atomic mass is 10.1. The van der Waals surface area contributed by atoms with Gasteiger partial charge < -0.3 is 5.21 Å². The molecular formula is C20H14BrN3O. The van der Waals surface area contributed by atoms with Gasteiger partial charge in [0, 0.05) is 15.6 Å². The highest BCUT2D eigenvalue weighted by atomic mass is 79.9.